The zero-order chi connectivity index (χ0) is 18.4. The lowest BCUT2D eigenvalue weighted by atomic mass is 10.1. The highest BCUT2D eigenvalue weighted by atomic mass is 32.1. The highest BCUT2D eigenvalue weighted by Gasteiger charge is 2.12. The van der Waals surface area contributed by atoms with E-state index in [9.17, 15) is 4.79 Å². The van der Waals surface area contributed by atoms with Crippen molar-refractivity contribution in [3.8, 4) is 22.8 Å². The maximum atomic E-state index is 12.3. The minimum atomic E-state index is -0.0573. The Labute approximate surface area is 156 Å². The summed E-state index contributed by atoms with van der Waals surface area (Å²) in [6.45, 7) is 0. The van der Waals surface area contributed by atoms with E-state index in [4.69, 9.17) is 9.47 Å². The summed E-state index contributed by atoms with van der Waals surface area (Å²) in [6.07, 6.45) is 0.915. The van der Waals surface area contributed by atoms with Crippen molar-refractivity contribution < 1.29 is 14.3 Å². The van der Waals surface area contributed by atoms with Gasteiger partial charge in [0.2, 0.25) is 5.91 Å². The van der Waals surface area contributed by atoms with Crippen LogP contribution in [0.25, 0.3) is 11.3 Å². The van der Waals surface area contributed by atoms with Gasteiger partial charge < -0.3 is 14.8 Å². The van der Waals surface area contributed by atoms with Gasteiger partial charge in [0, 0.05) is 18.1 Å². The van der Waals surface area contributed by atoms with Crippen LogP contribution < -0.4 is 14.8 Å². The van der Waals surface area contributed by atoms with E-state index in [1.807, 2.05) is 54.6 Å². The molecule has 0 radical (unpaired) electrons. The molecule has 1 aromatic heterocycles. The molecule has 26 heavy (non-hydrogen) atoms. The predicted octanol–water partition coefficient (Wildman–Crippen LogP) is 4.40. The van der Waals surface area contributed by atoms with E-state index < -0.39 is 0 Å². The minimum absolute atomic E-state index is 0.0573. The zero-order valence-electron chi connectivity index (χ0n) is 14.7. The fourth-order valence-corrected chi connectivity index (χ4v) is 3.36. The van der Waals surface area contributed by atoms with E-state index >= 15 is 0 Å². The largest absolute Gasteiger partial charge is 0.493 e. The molecule has 0 aliphatic heterocycles. The van der Waals surface area contributed by atoms with Crippen LogP contribution in [0.3, 0.4) is 0 Å². The highest BCUT2D eigenvalue weighted by Crippen LogP contribution is 2.31. The molecule has 2 aromatic carbocycles. The van der Waals surface area contributed by atoms with Crippen LogP contribution >= 0.6 is 11.5 Å². The number of anilines is 1. The van der Waals surface area contributed by atoms with Gasteiger partial charge in [0.25, 0.3) is 0 Å². The Hall–Kier alpha value is -2.86. The Bertz CT molecular complexity index is 878. The molecular weight excluding hydrogens is 348 g/mol. The average Bonchev–Trinajstić information content (AvgIpc) is 3.15. The van der Waals surface area contributed by atoms with Gasteiger partial charge in [-0.1, -0.05) is 42.5 Å². The highest BCUT2D eigenvalue weighted by molar-refractivity contribution is 7.10. The maximum absolute atomic E-state index is 12.3. The number of nitrogens with one attached hydrogen (secondary N) is 1. The van der Waals surface area contributed by atoms with Gasteiger partial charge >= 0.3 is 0 Å². The van der Waals surface area contributed by atoms with Crippen molar-refractivity contribution in [1.82, 2.24) is 4.37 Å². The topological polar surface area (TPSA) is 60.5 Å². The summed E-state index contributed by atoms with van der Waals surface area (Å²) in [5.41, 5.74) is 2.84. The Morgan fingerprint density at radius 2 is 1.88 bits per heavy atom. The molecule has 0 saturated heterocycles. The quantitative estimate of drug-likeness (QED) is 0.671. The van der Waals surface area contributed by atoms with Gasteiger partial charge in [0.05, 0.1) is 19.9 Å². The van der Waals surface area contributed by atoms with Crippen LogP contribution in [0.15, 0.2) is 54.6 Å². The molecule has 3 aromatic rings. The number of benzene rings is 2. The fraction of sp³-hybridized carbons (Fsp3) is 0.200. The van der Waals surface area contributed by atoms with Crippen molar-refractivity contribution in [3.05, 3.63) is 60.2 Å². The lowest BCUT2D eigenvalue weighted by Gasteiger charge is -2.12. The second-order valence-corrected chi connectivity index (χ2v) is 6.45. The van der Waals surface area contributed by atoms with E-state index in [-0.39, 0.29) is 5.91 Å². The van der Waals surface area contributed by atoms with Crippen LogP contribution in [-0.2, 0) is 11.2 Å². The van der Waals surface area contributed by atoms with E-state index in [0.29, 0.717) is 24.3 Å². The number of aryl methyl sites for hydroxylation is 1. The predicted molar refractivity (Wildman–Crippen MR) is 104 cm³/mol. The number of hydrogen-bond acceptors (Lipinski definition) is 5. The molecule has 134 valence electrons. The second kappa shape index (κ2) is 8.49. The number of rotatable bonds is 7. The molecule has 3 rings (SSSR count). The molecule has 1 N–H and O–H groups in total. The van der Waals surface area contributed by atoms with Crippen molar-refractivity contribution in [2.24, 2.45) is 0 Å². The summed E-state index contributed by atoms with van der Waals surface area (Å²) in [7, 11) is 3.20. The second-order valence-electron chi connectivity index (χ2n) is 5.64. The summed E-state index contributed by atoms with van der Waals surface area (Å²) in [5.74, 6) is 1.28. The number of para-hydroxylation sites is 1. The number of ether oxygens (including phenoxy) is 2. The summed E-state index contributed by atoms with van der Waals surface area (Å²) < 4.78 is 15.1. The van der Waals surface area contributed by atoms with Gasteiger partial charge in [-0.05, 0) is 29.6 Å². The third-order valence-electron chi connectivity index (χ3n) is 3.95. The van der Waals surface area contributed by atoms with Gasteiger partial charge in [-0.25, -0.2) is 0 Å². The molecule has 5 nitrogen and oxygen atoms in total. The summed E-state index contributed by atoms with van der Waals surface area (Å²) in [6, 6.07) is 17.5. The molecule has 0 bridgehead atoms. The Balaban J connectivity index is 1.61. The van der Waals surface area contributed by atoms with Crippen LogP contribution in [-0.4, -0.2) is 24.5 Å². The van der Waals surface area contributed by atoms with E-state index in [1.54, 1.807) is 14.2 Å². The van der Waals surface area contributed by atoms with Gasteiger partial charge in [0.15, 0.2) is 11.5 Å². The molecule has 0 unspecified atom stereocenters. The van der Waals surface area contributed by atoms with E-state index in [1.165, 1.54) is 11.5 Å². The summed E-state index contributed by atoms with van der Waals surface area (Å²) in [5, 5.41) is 3.66. The van der Waals surface area contributed by atoms with Gasteiger partial charge in [-0.2, -0.15) is 4.37 Å². The summed E-state index contributed by atoms with van der Waals surface area (Å²) in [4.78, 5) is 12.3. The van der Waals surface area contributed by atoms with Gasteiger partial charge in [0.1, 0.15) is 5.00 Å². The third-order valence-corrected chi connectivity index (χ3v) is 4.65. The number of methoxy groups -OCH3 is 2. The van der Waals surface area contributed by atoms with Gasteiger partial charge in [-0.15, -0.1) is 0 Å². The molecule has 0 spiro atoms. The Morgan fingerprint density at radius 3 is 2.62 bits per heavy atom. The van der Waals surface area contributed by atoms with E-state index in [0.717, 1.165) is 21.8 Å². The SMILES string of the molecule is COc1cccc(CCC(=O)Nc2cc(-c3ccccc3)ns2)c1OC. The molecule has 0 fully saturated rings. The molecule has 0 aliphatic rings. The number of nitrogens with zero attached hydrogens (tertiary/aromatic N) is 1. The smallest absolute Gasteiger partial charge is 0.225 e. The molecule has 0 saturated carbocycles. The van der Waals surface area contributed by atoms with Crippen LogP contribution in [0.5, 0.6) is 11.5 Å². The van der Waals surface area contributed by atoms with Crippen molar-refractivity contribution in [2.75, 3.05) is 19.5 Å². The first-order valence-electron chi connectivity index (χ1n) is 8.23. The maximum Gasteiger partial charge on any atom is 0.225 e. The molecule has 0 atom stereocenters. The first-order valence-corrected chi connectivity index (χ1v) is 9.00. The first-order chi connectivity index (χ1) is 12.7. The molecule has 6 heteroatoms. The number of hydrogen-bond donors (Lipinski definition) is 1. The third kappa shape index (κ3) is 4.21. The summed E-state index contributed by atoms with van der Waals surface area (Å²) >= 11 is 1.28. The average molecular weight is 368 g/mol. The number of carbonyl (C=O) groups is 1. The van der Waals surface area contributed by atoms with Crippen LogP contribution in [0.1, 0.15) is 12.0 Å². The lowest BCUT2D eigenvalue weighted by molar-refractivity contribution is -0.116. The fourth-order valence-electron chi connectivity index (χ4n) is 2.68. The van der Waals surface area contributed by atoms with Crippen molar-refractivity contribution in [2.45, 2.75) is 12.8 Å². The zero-order valence-corrected chi connectivity index (χ0v) is 15.5. The Morgan fingerprint density at radius 1 is 1.08 bits per heavy atom. The van der Waals surface area contributed by atoms with Crippen molar-refractivity contribution >= 4 is 22.4 Å². The first kappa shape index (κ1) is 17.9. The monoisotopic (exact) mass is 368 g/mol. The molecule has 0 aliphatic carbocycles. The normalized spacial score (nSPS) is 10.4. The minimum Gasteiger partial charge on any atom is -0.493 e. The van der Waals surface area contributed by atoms with Crippen LogP contribution in [0, 0.1) is 0 Å². The van der Waals surface area contributed by atoms with Crippen LogP contribution in [0.4, 0.5) is 5.00 Å². The van der Waals surface area contributed by atoms with Crippen LogP contribution in [0.2, 0.25) is 0 Å². The number of carbonyl (C=O) groups excluding carboxylic acids is 1. The van der Waals surface area contributed by atoms with Crippen molar-refractivity contribution in [3.63, 3.8) is 0 Å². The number of amides is 1. The number of aromatic nitrogens is 1. The Kier molecular flexibility index (Phi) is 5.86. The lowest BCUT2D eigenvalue weighted by Crippen LogP contribution is -2.11. The van der Waals surface area contributed by atoms with Crippen molar-refractivity contribution in [1.29, 1.82) is 0 Å². The molecule has 1 heterocycles. The van der Waals surface area contributed by atoms with E-state index in [2.05, 4.69) is 9.69 Å². The van der Waals surface area contributed by atoms with Gasteiger partial charge in [-0.3, -0.25) is 4.79 Å². The molecular formula is C20H20N2O3S. The molecule has 1 amide bonds. The standard InChI is InChI=1S/C20H20N2O3S/c1-24-17-10-6-9-15(20(17)25-2)11-12-18(23)21-19-13-16(22-26-19)14-7-4-3-5-8-14/h3-10,13H,11-12H2,1-2H3,(H,21,23).